The van der Waals surface area contributed by atoms with E-state index >= 15 is 4.39 Å². The smallest absolute Gasteiger partial charge is 0.251 e. The van der Waals surface area contributed by atoms with Gasteiger partial charge in [-0.2, -0.15) is 0 Å². The van der Waals surface area contributed by atoms with E-state index in [0.29, 0.717) is 39.9 Å². The third kappa shape index (κ3) is 4.46. The molecule has 206 valence electrons. The first kappa shape index (κ1) is 26.2. The van der Waals surface area contributed by atoms with Crippen LogP contribution in [0, 0.1) is 24.5 Å². The second-order valence-electron chi connectivity index (χ2n) is 10.6. The first-order valence-corrected chi connectivity index (χ1v) is 13.2. The molecule has 40 heavy (non-hydrogen) atoms. The minimum atomic E-state index is -1.19. The van der Waals surface area contributed by atoms with Crippen LogP contribution in [-0.4, -0.2) is 34.9 Å². The summed E-state index contributed by atoms with van der Waals surface area (Å²) in [6.45, 7) is 3.57. The summed E-state index contributed by atoms with van der Waals surface area (Å²) in [7, 11) is 0. The van der Waals surface area contributed by atoms with Crippen LogP contribution in [0.2, 0.25) is 5.02 Å². The zero-order chi connectivity index (χ0) is 28.3. The molecule has 0 saturated heterocycles. The molecule has 8 nitrogen and oxygen atoms in total. The molecule has 4 aromatic rings. The van der Waals surface area contributed by atoms with Crippen molar-refractivity contribution in [2.75, 3.05) is 13.2 Å². The third-order valence-corrected chi connectivity index (χ3v) is 8.00. The lowest BCUT2D eigenvalue weighted by molar-refractivity contribution is -0.123. The molecule has 1 saturated carbocycles. The quantitative estimate of drug-likeness (QED) is 0.297. The molecule has 1 aliphatic heterocycles. The van der Waals surface area contributed by atoms with Crippen LogP contribution in [0.15, 0.2) is 40.8 Å². The number of benzene rings is 2. The van der Waals surface area contributed by atoms with Gasteiger partial charge in [0.25, 0.3) is 5.91 Å². The number of carbonyl (C=O) groups excluding carboxylic acids is 2. The van der Waals surface area contributed by atoms with Crippen LogP contribution in [0.3, 0.4) is 0 Å². The Bertz CT molecular complexity index is 1700. The number of oxazole rings is 1. The maximum absolute atomic E-state index is 15.0. The number of amides is 2. The van der Waals surface area contributed by atoms with Gasteiger partial charge in [-0.25, -0.2) is 18.7 Å². The first-order chi connectivity index (χ1) is 19.0. The molecule has 1 aliphatic carbocycles. The van der Waals surface area contributed by atoms with Crippen molar-refractivity contribution in [2.45, 2.75) is 38.0 Å². The number of nitrogens with zero attached hydrogens (tertiary/aromatic N) is 2. The van der Waals surface area contributed by atoms with E-state index < -0.39 is 23.0 Å². The van der Waals surface area contributed by atoms with E-state index in [1.807, 2.05) is 0 Å². The molecule has 0 spiro atoms. The van der Waals surface area contributed by atoms with Crippen LogP contribution in [-0.2, 0) is 10.2 Å². The van der Waals surface area contributed by atoms with Crippen molar-refractivity contribution in [3.8, 4) is 17.0 Å². The highest BCUT2D eigenvalue weighted by molar-refractivity contribution is 6.31. The third-order valence-electron chi connectivity index (χ3n) is 7.71. The number of aryl methyl sites for hydroxylation is 1. The van der Waals surface area contributed by atoms with Crippen LogP contribution >= 0.6 is 11.6 Å². The second-order valence-corrected chi connectivity index (χ2v) is 11.0. The second kappa shape index (κ2) is 9.55. The molecular weight excluding hydrogens is 542 g/mol. The SMILES string of the molecule is Cc1nc2ccc(C(=O)NC[C@H](c3cc4c(c(-c5cc(Cl)c(F)cc5F)n3)OC[C@]4(C)C(N)=O)C3CC3)cc2o1. The molecular formula is C29H25ClF2N4O4. The average Bonchev–Trinajstić information content (AvgIpc) is 3.59. The van der Waals surface area contributed by atoms with Crippen LogP contribution in [0.4, 0.5) is 8.78 Å². The molecule has 2 aromatic heterocycles. The Balaban J connectivity index is 1.38. The fourth-order valence-corrected chi connectivity index (χ4v) is 5.34. The summed E-state index contributed by atoms with van der Waals surface area (Å²) in [5, 5.41) is 2.70. The minimum absolute atomic E-state index is 0.0548. The summed E-state index contributed by atoms with van der Waals surface area (Å²) < 4.78 is 40.4. The number of nitrogens with two attached hydrogens (primary N) is 1. The molecule has 0 bridgehead atoms. The highest BCUT2D eigenvalue weighted by Crippen LogP contribution is 2.49. The number of nitrogens with one attached hydrogen (secondary N) is 1. The number of ether oxygens (including phenoxy) is 1. The topological polar surface area (TPSA) is 120 Å². The largest absolute Gasteiger partial charge is 0.489 e. The van der Waals surface area contributed by atoms with E-state index in [-0.39, 0.29) is 52.9 Å². The van der Waals surface area contributed by atoms with Gasteiger partial charge in [-0.1, -0.05) is 11.6 Å². The van der Waals surface area contributed by atoms with Crippen LogP contribution in [0.25, 0.3) is 22.4 Å². The molecule has 3 N–H and O–H groups in total. The Kier molecular flexibility index (Phi) is 6.25. The number of primary amides is 1. The zero-order valence-corrected chi connectivity index (χ0v) is 22.4. The van der Waals surface area contributed by atoms with Crippen molar-refractivity contribution < 1.29 is 27.5 Å². The standard InChI is InChI=1S/C29H25ClF2N4O4/c1-13-35-22-6-5-15(7-24(22)40-13)27(37)34-11-17(14-3-4-14)23-9-18-26(39-12-29(18,2)28(33)38)25(36-23)16-8-19(30)21(32)10-20(16)31/h5-10,14,17H,3-4,11-12H2,1-2H3,(H2,33,38)(H,34,37)/t17-,29-/m0/s1. The number of hydrogen-bond acceptors (Lipinski definition) is 6. The monoisotopic (exact) mass is 566 g/mol. The number of fused-ring (bicyclic) bond motifs is 2. The lowest BCUT2D eigenvalue weighted by Crippen LogP contribution is -2.40. The summed E-state index contributed by atoms with van der Waals surface area (Å²) in [6, 6.07) is 8.62. The molecule has 2 aliphatic rings. The van der Waals surface area contributed by atoms with E-state index in [2.05, 4.69) is 10.3 Å². The molecule has 11 heteroatoms. The zero-order valence-electron chi connectivity index (χ0n) is 21.7. The van der Waals surface area contributed by atoms with Crippen molar-refractivity contribution in [1.29, 1.82) is 0 Å². The van der Waals surface area contributed by atoms with Gasteiger partial charge in [0, 0.05) is 47.8 Å². The number of carbonyl (C=O) groups is 2. The van der Waals surface area contributed by atoms with Crippen molar-refractivity contribution in [3.63, 3.8) is 0 Å². The summed E-state index contributed by atoms with van der Waals surface area (Å²) >= 11 is 5.99. The number of aromatic nitrogens is 2. The van der Waals surface area contributed by atoms with Crippen LogP contribution in [0.1, 0.15) is 53.2 Å². The first-order valence-electron chi connectivity index (χ1n) is 12.8. The summed E-state index contributed by atoms with van der Waals surface area (Å²) in [5.74, 6) is -2.03. The van der Waals surface area contributed by atoms with E-state index in [0.717, 1.165) is 18.9 Å². The van der Waals surface area contributed by atoms with Gasteiger partial charge in [-0.3, -0.25) is 9.59 Å². The number of halogens is 3. The molecule has 3 heterocycles. The highest BCUT2D eigenvalue weighted by Gasteiger charge is 2.45. The summed E-state index contributed by atoms with van der Waals surface area (Å²) in [6.07, 6.45) is 1.83. The molecule has 0 radical (unpaired) electrons. The van der Waals surface area contributed by atoms with Gasteiger partial charge in [0.1, 0.15) is 40.6 Å². The Morgan fingerprint density at radius 1 is 1.18 bits per heavy atom. The number of pyridine rings is 1. The van der Waals surface area contributed by atoms with Crippen molar-refractivity contribution in [2.24, 2.45) is 11.7 Å². The van der Waals surface area contributed by atoms with Gasteiger partial charge < -0.3 is 20.2 Å². The van der Waals surface area contributed by atoms with Crippen molar-refractivity contribution in [3.05, 3.63) is 75.8 Å². The van der Waals surface area contributed by atoms with Gasteiger partial charge in [0.15, 0.2) is 11.5 Å². The minimum Gasteiger partial charge on any atom is -0.489 e. The maximum atomic E-state index is 15.0. The van der Waals surface area contributed by atoms with Crippen LogP contribution < -0.4 is 15.8 Å². The number of hydrogen-bond donors (Lipinski definition) is 2. The van der Waals surface area contributed by atoms with E-state index in [1.54, 1.807) is 38.1 Å². The predicted molar refractivity (Wildman–Crippen MR) is 143 cm³/mol. The summed E-state index contributed by atoms with van der Waals surface area (Å²) in [4.78, 5) is 34.6. The van der Waals surface area contributed by atoms with E-state index in [9.17, 15) is 14.0 Å². The summed E-state index contributed by atoms with van der Waals surface area (Å²) in [5.41, 5.74) is 7.19. The molecule has 2 amide bonds. The maximum Gasteiger partial charge on any atom is 0.251 e. The van der Waals surface area contributed by atoms with E-state index in [1.165, 1.54) is 0 Å². The van der Waals surface area contributed by atoms with Crippen LogP contribution in [0.5, 0.6) is 5.75 Å². The Hall–Kier alpha value is -4.05. The molecule has 6 rings (SSSR count). The predicted octanol–water partition coefficient (Wildman–Crippen LogP) is 5.19. The Labute approximate surface area is 232 Å². The Morgan fingerprint density at radius 3 is 2.67 bits per heavy atom. The van der Waals surface area contributed by atoms with Gasteiger partial charge >= 0.3 is 0 Å². The lowest BCUT2D eigenvalue weighted by atomic mass is 9.82. The van der Waals surface area contributed by atoms with Gasteiger partial charge in [0.2, 0.25) is 5.91 Å². The fourth-order valence-electron chi connectivity index (χ4n) is 5.18. The average molecular weight is 567 g/mol. The normalized spacial score (nSPS) is 18.8. The van der Waals surface area contributed by atoms with Gasteiger partial charge in [-0.15, -0.1) is 0 Å². The molecule has 2 atom stereocenters. The lowest BCUT2D eigenvalue weighted by Gasteiger charge is -2.22. The van der Waals surface area contributed by atoms with Gasteiger partial charge in [0.05, 0.1) is 5.02 Å². The van der Waals surface area contributed by atoms with Crippen molar-refractivity contribution in [1.82, 2.24) is 15.3 Å². The Morgan fingerprint density at radius 2 is 1.95 bits per heavy atom. The van der Waals surface area contributed by atoms with E-state index in [4.69, 9.17) is 31.5 Å². The highest BCUT2D eigenvalue weighted by atomic mass is 35.5. The molecule has 1 fully saturated rings. The molecule has 2 aromatic carbocycles. The molecule has 0 unspecified atom stereocenters. The fraction of sp³-hybridized carbons (Fsp3) is 0.310. The number of rotatable bonds is 7. The van der Waals surface area contributed by atoms with Gasteiger partial charge in [-0.05, 0) is 56.0 Å². The van der Waals surface area contributed by atoms with Crippen molar-refractivity contribution >= 4 is 34.5 Å².